The average Bonchev–Trinajstić information content (AvgIpc) is 2.87. The number of sulfonamides is 1. The van der Waals surface area contributed by atoms with Gasteiger partial charge < -0.3 is 9.47 Å². The van der Waals surface area contributed by atoms with Crippen molar-refractivity contribution >= 4 is 27.5 Å². The van der Waals surface area contributed by atoms with Crippen molar-refractivity contribution in [3.8, 4) is 0 Å². The van der Waals surface area contributed by atoms with Gasteiger partial charge in [0, 0.05) is 27.1 Å². The quantitative estimate of drug-likeness (QED) is 0.562. The molecule has 126 valence electrons. The van der Waals surface area contributed by atoms with Gasteiger partial charge in [0.1, 0.15) is 0 Å². The van der Waals surface area contributed by atoms with Crippen LogP contribution in [0.15, 0.2) is 29.2 Å². The van der Waals surface area contributed by atoms with Crippen LogP contribution in [0.2, 0.25) is 0 Å². The molecule has 0 spiro atoms. The Kier molecular flexibility index (Phi) is 5.47. The van der Waals surface area contributed by atoms with Gasteiger partial charge in [0.2, 0.25) is 21.8 Å². The van der Waals surface area contributed by atoms with Crippen LogP contribution in [0.3, 0.4) is 0 Å². The highest BCUT2D eigenvalue weighted by Crippen LogP contribution is 2.23. The van der Waals surface area contributed by atoms with Crippen molar-refractivity contribution in [1.29, 1.82) is 0 Å². The van der Waals surface area contributed by atoms with E-state index in [1.165, 1.54) is 38.5 Å². The van der Waals surface area contributed by atoms with Crippen molar-refractivity contribution in [3.05, 3.63) is 24.3 Å². The Balaban J connectivity index is 2.12. The molecule has 1 aromatic carbocycles. The minimum Gasteiger partial charge on any atom is -0.355 e. The maximum atomic E-state index is 12.2. The van der Waals surface area contributed by atoms with Gasteiger partial charge in [-0.05, 0) is 24.3 Å². The molecule has 8 nitrogen and oxygen atoms in total. The van der Waals surface area contributed by atoms with E-state index in [4.69, 9.17) is 9.47 Å². The third-order valence-electron chi connectivity index (χ3n) is 3.42. The van der Waals surface area contributed by atoms with E-state index < -0.39 is 16.3 Å². The highest BCUT2D eigenvalue weighted by Gasteiger charge is 2.30. The molecule has 1 saturated heterocycles. The first-order valence-electron chi connectivity index (χ1n) is 6.90. The van der Waals surface area contributed by atoms with Crippen LogP contribution in [0, 0.1) is 0 Å². The van der Waals surface area contributed by atoms with Crippen LogP contribution in [-0.4, -0.2) is 47.3 Å². The van der Waals surface area contributed by atoms with Crippen LogP contribution >= 0.6 is 0 Å². The molecule has 0 atom stereocenters. The van der Waals surface area contributed by atoms with Crippen LogP contribution in [-0.2, 0) is 29.1 Å². The number of anilines is 1. The van der Waals surface area contributed by atoms with E-state index in [1.54, 1.807) is 0 Å². The predicted octanol–water partition coefficient (Wildman–Crippen LogP) is 0.237. The van der Waals surface area contributed by atoms with Gasteiger partial charge in [-0.1, -0.05) is 0 Å². The van der Waals surface area contributed by atoms with Crippen LogP contribution in [0.4, 0.5) is 5.69 Å². The minimum atomic E-state index is -3.74. The van der Waals surface area contributed by atoms with E-state index in [-0.39, 0.29) is 36.1 Å². The zero-order valence-corrected chi connectivity index (χ0v) is 13.6. The van der Waals surface area contributed by atoms with E-state index in [0.717, 1.165) is 4.90 Å². The van der Waals surface area contributed by atoms with Gasteiger partial charge >= 0.3 is 0 Å². The van der Waals surface area contributed by atoms with Crippen molar-refractivity contribution in [1.82, 2.24) is 4.72 Å². The summed E-state index contributed by atoms with van der Waals surface area (Å²) in [5, 5.41) is 0. The molecule has 23 heavy (non-hydrogen) atoms. The largest absolute Gasteiger partial charge is 0.355 e. The van der Waals surface area contributed by atoms with Crippen LogP contribution < -0.4 is 9.62 Å². The molecule has 0 unspecified atom stereocenters. The van der Waals surface area contributed by atoms with E-state index in [0.29, 0.717) is 5.69 Å². The fourth-order valence-electron chi connectivity index (χ4n) is 2.16. The number of nitrogens with one attached hydrogen (secondary N) is 1. The molecular formula is C14H18N2O6S. The van der Waals surface area contributed by atoms with Crippen LogP contribution in [0.5, 0.6) is 0 Å². The Morgan fingerprint density at radius 1 is 1.09 bits per heavy atom. The SMILES string of the molecule is COC(CNS(=O)(=O)c1ccc(N2C(=O)CCC2=O)cc1)OC. The summed E-state index contributed by atoms with van der Waals surface area (Å²) >= 11 is 0. The molecule has 0 aromatic heterocycles. The van der Waals surface area contributed by atoms with Crippen molar-refractivity contribution in [2.24, 2.45) is 0 Å². The predicted molar refractivity (Wildman–Crippen MR) is 81.2 cm³/mol. The average molecular weight is 342 g/mol. The second kappa shape index (κ2) is 7.18. The van der Waals surface area contributed by atoms with Gasteiger partial charge in [-0.15, -0.1) is 0 Å². The lowest BCUT2D eigenvalue weighted by Crippen LogP contribution is -2.34. The molecule has 1 N–H and O–H groups in total. The summed E-state index contributed by atoms with van der Waals surface area (Å²) in [5.41, 5.74) is 0.364. The summed E-state index contributed by atoms with van der Waals surface area (Å²) in [6, 6.07) is 5.54. The number of rotatable bonds is 7. The molecular weight excluding hydrogens is 324 g/mol. The van der Waals surface area contributed by atoms with E-state index in [1.807, 2.05) is 0 Å². The highest BCUT2D eigenvalue weighted by molar-refractivity contribution is 7.89. The summed E-state index contributed by atoms with van der Waals surface area (Å²) in [5.74, 6) is -0.571. The lowest BCUT2D eigenvalue weighted by Gasteiger charge is -2.16. The Morgan fingerprint density at radius 3 is 2.09 bits per heavy atom. The molecule has 9 heteroatoms. The van der Waals surface area contributed by atoms with Crippen molar-refractivity contribution in [2.75, 3.05) is 25.7 Å². The van der Waals surface area contributed by atoms with Crippen molar-refractivity contribution < 1.29 is 27.5 Å². The van der Waals surface area contributed by atoms with E-state index in [2.05, 4.69) is 4.72 Å². The van der Waals surface area contributed by atoms with E-state index in [9.17, 15) is 18.0 Å². The Labute approximate surface area is 134 Å². The zero-order chi connectivity index (χ0) is 17.0. The van der Waals surface area contributed by atoms with Crippen molar-refractivity contribution in [2.45, 2.75) is 24.0 Å². The smallest absolute Gasteiger partial charge is 0.240 e. The van der Waals surface area contributed by atoms with Crippen LogP contribution in [0.1, 0.15) is 12.8 Å². The van der Waals surface area contributed by atoms with Gasteiger partial charge in [0.15, 0.2) is 6.29 Å². The van der Waals surface area contributed by atoms with Crippen LogP contribution in [0.25, 0.3) is 0 Å². The Morgan fingerprint density at radius 2 is 1.61 bits per heavy atom. The third kappa shape index (κ3) is 3.94. The fourth-order valence-corrected chi connectivity index (χ4v) is 3.18. The Bertz CT molecular complexity index is 666. The first-order chi connectivity index (χ1) is 10.9. The first-order valence-corrected chi connectivity index (χ1v) is 8.38. The fraction of sp³-hybridized carbons (Fsp3) is 0.429. The number of carbonyl (C=O) groups excluding carboxylic acids is 2. The molecule has 2 rings (SSSR count). The van der Waals surface area contributed by atoms with Gasteiger partial charge in [-0.25, -0.2) is 13.1 Å². The molecule has 0 saturated carbocycles. The molecule has 0 aliphatic carbocycles. The van der Waals surface area contributed by atoms with Gasteiger partial charge in [0.05, 0.1) is 17.1 Å². The summed E-state index contributed by atoms with van der Waals surface area (Å²) in [6.07, 6.45) is -0.338. The molecule has 0 radical (unpaired) electrons. The standard InChI is InChI=1S/C14H18N2O6S/c1-21-14(22-2)9-15-23(19,20)11-5-3-10(4-6-11)16-12(17)7-8-13(16)18/h3-6,14-15H,7-9H2,1-2H3. The maximum absolute atomic E-state index is 12.2. The normalized spacial score (nSPS) is 15.7. The van der Waals surface area contributed by atoms with Crippen molar-refractivity contribution in [3.63, 3.8) is 0 Å². The molecule has 1 aliphatic rings. The molecule has 1 heterocycles. The highest BCUT2D eigenvalue weighted by atomic mass is 32.2. The molecule has 1 aliphatic heterocycles. The second-order valence-electron chi connectivity index (χ2n) is 4.87. The molecule has 2 amide bonds. The van der Waals surface area contributed by atoms with Gasteiger partial charge in [-0.3, -0.25) is 14.5 Å². The summed E-state index contributed by atoms with van der Waals surface area (Å²) in [7, 11) is -0.933. The number of nitrogens with zero attached hydrogens (tertiary/aromatic N) is 1. The lowest BCUT2D eigenvalue weighted by molar-refractivity contribution is -0.121. The number of imide groups is 1. The minimum absolute atomic E-state index is 0.0197. The van der Waals surface area contributed by atoms with Gasteiger partial charge in [0.25, 0.3) is 0 Å². The maximum Gasteiger partial charge on any atom is 0.240 e. The summed E-state index contributed by atoms with van der Waals surface area (Å²) in [4.78, 5) is 24.4. The number of amides is 2. The number of benzene rings is 1. The number of ether oxygens (including phenoxy) is 2. The number of carbonyl (C=O) groups is 2. The number of hydrogen-bond donors (Lipinski definition) is 1. The monoisotopic (exact) mass is 342 g/mol. The summed E-state index contributed by atoms with van der Waals surface area (Å²) in [6.45, 7) is -0.0415. The topological polar surface area (TPSA) is 102 Å². The lowest BCUT2D eigenvalue weighted by atomic mass is 10.3. The molecule has 1 aromatic rings. The summed E-state index contributed by atoms with van der Waals surface area (Å²) < 4.78 is 36.5. The zero-order valence-electron chi connectivity index (χ0n) is 12.8. The van der Waals surface area contributed by atoms with Gasteiger partial charge in [-0.2, -0.15) is 0 Å². The number of methoxy groups -OCH3 is 2. The second-order valence-corrected chi connectivity index (χ2v) is 6.64. The third-order valence-corrected chi connectivity index (χ3v) is 4.86. The van der Waals surface area contributed by atoms with E-state index >= 15 is 0 Å². The molecule has 0 bridgehead atoms. The Hall–Kier alpha value is -1.81. The number of hydrogen-bond acceptors (Lipinski definition) is 6. The molecule has 1 fully saturated rings. The first kappa shape index (κ1) is 17.5.